The number of imidazole rings is 1. The molecule has 29 heavy (non-hydrogen) atoms. The molecule has 4 nitrogen and oxygen atoms in total. The van der Waals surface area contributed by atoms with Crippen molar-refractivity contribution < 1.29 is 13.2 Å². The number of alkyl halides is 1. The highest BCUT2D eigenvalue weighted by molar-refractivity contribution is 6.33. The largest absolute Gasteiger partial charge is 0.340 e. The van der Waals surface area contributed by atoms with E-state index >= 15 is 0 Å². The van der Waals surface area contributed by atoms with Gasteiger partial charge in [0.25, 0.3) is 0 Å². The summed E-state index contributed by atoms with van der Waals surface area (Å²) in [5, 5.41) is 0.983. The molecule has 2 heterocycles. The molecule has 2 aromatic carbocycles. The molecule has 0 amide bonds. The molecule has 154 valence electrons. The van der Waals surface area contributed by atoms with Gasteiger partial charge in [-0.2, -0.15) is 0 Å². The Morgan fingerprint density at radius 1 is 1.17 bits per heavy atom. The summed E-state index contributed by atoms with van der Waals surface area (Å²) in [7, 11) is 0. The number of halogens is 5. The van der Waals surface area contributed by atoms with Gasteiger partial charge in [0.15, 0.2) is 11.6 Å². The number of rotatable bonds is 3. The molecular weight excluding hydrogens is 424 g/mol. The summed E-state index contributed by atoms with van der Waals surface area (Å²) in [6.07, 6.45) is -0.849. The molecule has 2 unspecified atom stereocenters. The van der Waals surface area contributed by atoms with E-state index in [0.29, 0.717) is 39.1 Å². The number of aromatic nitrogens is 2. The van der Waals surface area contributed by atoms with Crippen LogP contribution in [0.3, 0.4) is 0 Å². The van der Waals surface area contributed by atoms with Crippen molar-refractivity contribution in [3.63, 3.8) is 0 Å². The molecule has 1 aliphatic rings. The standard InChI is InChI=1S/C20H19Cl2F3N4/c1-10(12-6-11(21)2-3-13(12)22)29-19-8-16(25)15(24)7-18(19)27-20(29)28-5-4-14(23)17(26)9-28/h2-3,6-8,10,14,17H,4-5,9,26H2,1H3/t10?,14?,17-/m1/s1. The first-order chi connectivity index (χ1) is 13.8. The monoisotopic (exact) mass is 442 g/mol. The van der Waals surface area contributed by atoms with E-state index in [1.807, 2.05) is 11.8 Å². The summed E-state index contributed by atoms with van der Waals surface area (Å²) < 4.78 is 43.5. The van der Waals surface area contributed by atoms with Gasteiger partial charge in [-0.25, -0.2) is 18.2 Å². The average molecular weight is 443 g/mol. The van der Waals surface area contributed by atoms with Crippen LogP contribution in [0.1, 0.15) is 24.9 Å². The van der Waals surface area contributed by atoms with Crippen molar-refractivity contribution in [1.29, 1.82) is 0 Å². The first kappa shape index (κ1) is 20.3. The van der Waals surface area contributed by atoms with Gasteiger partial charge in [-0.3, -0.25) is 0 Å². The summed E-state index contributed by atoms with van der Waals surface area (Å²) in [5.74, 6) is -1.51. The molecule has 9 heteroatoms. The minimum Gasteiger partial charge on any atom is -0.340 e. The molecule has 1 fully saturated rings. The van der Waals surface area contributed by atoms with Crippen LogP contribution in [0.15, 0.2) is 30.3 Å². The van der Waals surface area contributed by atoms with Crippen molar-refractivity contribution in [2.75, 3.05) is 18.0 Å². The molecule has 0 aliphatic carbocycles. The molecular formula is C20H19Cl2F3N4. The van der Waals surface area contributed by atoms with E-state index in [1.54, 1.807) is 22.8 Å². The van der Waals surface area contributed by atoms with Gasteiger partial charge in [0.1, 0.15) is 6.17 Å². The van der Waals surface area contributed by atoms with Crippen molar-refractivity contribution >= 4 is 40.2 Å². The van der Waals surface area contributed by atoms with Crippen LogP contribution in [-0.4, -0.2) is 34.9 Å². The van der Waals surface area contributed by atoms with Crippen LogP contribution >= 0.6 is 23.2 Å². The lowest BCUT2D eigenvalue weighted by atomic mass is 10.0. The number of hydrogen-bond acceptors (Lipinski definition) is 3. The molecule has 1 aromatic heterocycles. The summed E-state index contributed by atoms with van der Waals surface area (Å²) in [6.45, 7) is 2.50. The maximum absolute atomic E-state index is 14.1. The zero-order valence-corrected chi connectivity index (χ0v) is 17.1. The average Bonchev–Trinajstić information content (AvgIpc) is 3.04. The summed E-state index contributed by atoms with van der Waals surface area (Å²) >= 11 is 12.5. The fraction of sp³-hybridized carbons (Fsp3) is 0.350. The number of anilines is 1. The Hall–Kier alpha value is -1.96. The highest BCUT2D eigenvalue weighted by Gasteiger charge is 2.31. The molecule has 4 rings (SSSR count). The second-order valence-corrected chi connectivity index (χ2v) is 8.14. The van der Waals surface area contributed by atoms with Crippen LogP contribution in [0.25, 0.3) is 11.0 Å². The zero-order chi connectivity index (χ0) is 20.9. The van der Waals surface area contributed by atoms with Crippen molar-refractivity contribution in [3.05, 3.63) is 57.6 Å². The second kappa shape index (κ2) is 7.70. The number of piperidine rings is 1. The van der Waals surface area contributed by atoms with Crippen LogP contribution < -0.4 is 10.6 Å². The van der Waals surface area contributed by atoms with E-state index in [4.69, 9.17) is 28.9 Å². The number of benzene rings is 2. The number of fused-ring (bicyclic) bond motifs is 1. The van der Waals surface area contributed by atoms with Crippen LogP contribution in [0, 0.1) is 11.6 Å². The predicted molar refractivity (Wildman–Crippen MR) is 110 cm³/mol. The molecule has 1 aliphatic heterocycles. The van der Waals surface area contributed by atoms with E-state index in [9.17, 15) is 13.2 Å². The Balaban J connectivity index is 1.90. The number of hydrogen-bond donors (Lipinski definition) is 1. The maximum Gasteiger partial charge on any atom is 0.207 e. The van der Waals surface area contributed by atoms with Crippen molar-refractivity contribution in [1.82, 2.24) is 9.55 Å². The Kier molecular flexibility index (Phi) is 5.40. The summed E-state index contributed by atoms with van der Waals surface area (Å²) in [6, 6.07) is 6.17. The van der Waals surface area contributed by atoms with E-state index < -0.39 is 29.9 Å². The van der Waals surface area contributed by atoms with E-state index in [2.05, 4.69) is 4.98 Å². The lowest BCUT2D eigenvalue weighted by Gasteiger charge is -2.35. The summed E-state index contributed by atoms with van der Waals surface area (Å²) in [5.41, 5.74) is 7.31. The maximum atomic E-state index is 14.1. The lowest BCUT2D eigenvalue weighted by molar-refractivity contribution is 0.243. The first-order valence-corrected chi connectivity index (χ1v) is 9.98. The Morgan fingerprint density at radius 3 is 2.62 bits per heavy atom. The van der Waals surface area contributed by atoms with Gasteiger partial charge in [0, 0.05) is 35.3 Å². The zero-order valence-electron chi connectivity index (χ0n) is 15.5. The van der Waals surface area contributed by atoms with Gasteiger partial charge in [0.2, 0.25) is 5.95 Å². The second-order valence-electron chi connectivity index (χ2n) is 7.29. The van der Waals surface area contributed by atoms with E-state index in [0.717, 1.165) is 12.1 Å². The fourth-order valence-electron chi connectivity index (χ4n) is 3.79. The SMILES string of the molecule is CC(c1cc(Cl)ccc1Cl)n1c(N2CCC(F)[C@H](N)C2)nc2cc(F)c(F)cc21. The lowest BCUT2D eigenvalue weighted by Crippen LogP contribution is -2.50. The highest BCUT2D eigenvalue weighted by atomic mass is 35.5. The Morgan fingerprint density at radius 2 is 1.90 bits per heavy atom. The van der Waals surface area contributed by atoms with Gasteiger partial charge in [0.05, 0.1) is 23.1 Å². The van der Waals surface area contributed by atoms with Crippen LogP contribution in [0.4, 0.5) is 19.1 Å². The smallest absolute Gasteiger partial charge is 0.207 e. The number of nitrogens with two attached hydrogens (primary N) is 1. The van der Waals surface area contributed by atoms with E-state index in [1.165, 1.54) is 0 Å². The van der Waals surface area contributed by atoms with Gasteiger partial charge in [-0.15, -0.1) is 0 Å². The van der Waals surface area contributed by atoms with Gasteiger partial charge in [-0.1, -0.05) is 23.2 Å². The van der Waals surface area contributed by atoms with Gasteiger partial charge in [-0.05, 0) is 37.1 Å². The van der Waals surface area contributed by atoms with Crippen LogP contribution in [0.5, 0.6) is 0 Å². The highest BCUT2D eigenvalue weighted by Crippen LogP contribution is 2.36. The third-order valence-electron chi connectivity index (χ3n) is 5.36. The van der Waals surface area contributed by atoms with Crippen LogP contribution in [0.2, 0.25) is 10.0 Å². The van der Waals surface area contributed by atoms with Gasteiger partial charge >= 0.3 is 0 Å². The molecule has 1 saturated heterocycles. The molecule has 0 bridgehead atoms. The van der Waals surface area contributed by atoms with E-state index in [-0.39, 0.29) is 13.0 Å². The Labute approximate surface area is 176 Å². The van der Waals surface area contributed by atoms with Crippen molar-refractivity contribution in [2.24, 2.45) is 5.73 Å². The first-order valence-electron chi connectivity index (χ1n) is 9.22. The molecule has 0 spiro atoms. The molecule has 3 atom stereocenters. The minimum absolute atomic E-state index is 0.242. The Bertz CT molecular complexity index is 1070. The molecule has 0 radical (unpaired) electrons. The third-order valence-corrected chi connectivity index (χ3v) is 5.94. The molecule has 0 saturated carbocycles. The van der Waals surface area contributed by atoms with Crippen LogP contribution in [-0.2, 0) is 0 Å². The normalized spacial score (nSPS) is 21.0. The summed E-state index contributed by atoms with van der Waals surface area (Å²) in [4.78, 5) is 6.36. The molecule has 2 N–H and O–H groups in total. The number of nitrogens with zero attached hydrogens (tertiary/aromatic N) is 3. The van der Waals surface area contributed by atoms with Crippen molar-refractivity contribution in [3.8, 4) is 0 Å². The third kappa shape index (κ3) is 3.67. The fourth-order valence-corrected chi connectivity index (χ4v) is 4.25. The topological polar surface area (TPSA) is 47.1 Å². The minimum atomic E-state index is -1.10. The van der Waals surface area contributed by atoms with Crippen molar-refractivity contribution in [2.45, 2.75) is 31.6 Å². The van der Waals surface area contributed by atoms with Gasteiger partial charge < -0.3 is 15.2 Å². The molecule has 3 aromatic rings. The predicted octanol–water partition coefficient (Wildman–Crippen LogP) is 5.11. The quantitative estimate of drug-likeness (QED) is 0.613.